The first-order chi connectivity index (χ1) is 18.2. The summed E-state index contributed by atoms with van der Waals surface area (Å²) in [6.07, 6.45) is 1.85. The molecule has 1 unspecified atom stereocenters. The lowest BCUT2D eigenvalue weighted by Gasteiger charge is -2.37. The van der Waals surface area contributed by atoms with Crippen LogP contribution in [-0.2, 0) is 14.4 Å². The van der Waals surface area contributed by atoms with Crippen LogP contribution in [0.1, 0.15) is 17.9 Å². The van der Waals surface area contributed by atoms with Crippen LogP contribution in [0, 0.1) is 5.82 Å². The topological polar surface area (TPSA) is 101 Å². The summed E-state index contributed by atoms with van der Waals surface area (Å²) in [5.41, 5.74) is 2.97. The first kappa shape index (κ1) is 26.8. The molecule has 2 heterocycles. The fraction of sp³-hybridized carbons (Fsp3) is 0.276. The number of likely N-dealkylation sites (N-methyl/N-ethyl adjacent to an activating group) is 1. The van der Waals surface area contributed by atoms with Gasteiger partial charge in [-0.1, -0.05) is 36.4 Å². The van der Waals surface area contributed by atoms with Crippen molar-refractivity contribution in [2.45, 2.75) is 12.3 Å². The molecular formula is C29H30FN3O5. The molecule has 2 aliphatic rings. The first-order valence-corrected chi connectivity index (χ1v) is 12.4. The molecule has 0 saturated carbocycles. The molecule has 2 aliphatic heterocycles. The van der Waals surface area contributed by atoms with Crippen LogP contribution in [-0.4, -0.2) is 72.7 Å². The van der Waals surface area contributed by atoms with Crippen LogP contribution >= 0.6 is 0 Å². The average molecular weight is 520 g/mol. The van der Waals surface area contributed by atoms with Gasteiger partial charge in [0, 0.05) is 62.1 Å². The van der Waals surface area contributed by atoms with E-state index in [1.165, 1.54) is 28.6 Å². The number of amides is 1. The molecule has 9 heteroatoms. The molecule has 0 aromatic heterocycles. The molecule has 1 saturated heterocycles. The van der Waals surface area contributed by atoms with Crippen LogP contribution in [0.4, 0.5) is 15.8 Å². The number of hydrogen-bond donors (Lipinski definition) is 2. The normalized spacial score (nSPS) is 17.4. The van der Waals surface area contributed by atoms with Gasteiger partial charge in [0.2, 0.25) is 5.91 Å². The van der Waals surface area contributed by atoms with Crippen molar-refractivity contribution in [3.8, 4) is 0 Å². The SMILES string of the molecule is CN1C(=O)C(CCN2CCN(c3cccc4ccccc34)CC2)c2cc(F)ccc21.O=C(O)C=CC(=O)O. The molecule has 38 heavy (non-hydrogen) atoms. The number of hydrogen-bond acceptors (Lipinski definition) is 5. The molecule has 0 bridgehead atoms. The van der Waals surface area contributed by atoms with E-state index in [0.29, 0.717) is 12.2 Å². The minimum atomic E-state index is -1.26. The summed E-state index contributed by atoms with van der Waals surface area (Å²) in [4.78, 5) is 38.3. The minimum absolute atomic E-state index is 0.0741. The lowest BCUT2D eigenvalue weighted by molar-refractivity contribution is -0.134. The quantitative estimate of drug-likeness (QED) is 0.476. The predicted octanol–water partition coefficient (Wildman–Crippen LogP) is 3.96. The van der Waals surface area contributed by atoms with Crippen molar-refractivity contribution in [2.24, 2.45) is 0 Å². The van der Waals surface area contributed by atoms with E-state index in [1.54, 1.807) is 18.0 Å². The fourth-order valence-electron chi connectivity index (χ4n) is 5.03. The molecule has 5 rings (SSSR count). The Morgan fingerprint density at radius 1 is 0.921 bits per heavy atom. The smallest absolute Gasteiger partial charge is 0.328 e. The molecule has 0 aliphatic carbocycles. The lowest BCUT2D eigenvalue weighted by atomic mass is 9.96. The number of halogens is 1. The van der Waals surface area contributed by atoms with Crippen molar-refractivity contribution in [1.82, 2.24) is 4.90 Å². The van der Waals surface area contributed by atoms with Gasteiger partial charge in [-0.3, -0.25) is 9.69 Å². The highest BCUT2D eigenvalue weighted by molar-refractivity contribution is 6.04. The Hall–Kier alpha value is -4.24. The first-order valence-electron chi connectivity index (χ1n) is 12.4. The van der Waals surface area contributed by atoms with Crippen LogP contribution in [0.5, 0.6) is 0 Å². The van der Waals surface area contributed by atoms with E-state index in [1.807, 2.05) is 0 Å². The number of carboxylic acids is 2. The number of benzene rings is 3. The third-order valence-electron chi connectivity index (χ3n) is 6.94. The van der Waals surface area contributed by atoms with Crippen LogP contribution in [0.15, 0.2) is 72.8 Å². The molecule has 8 nitrogen and oxygen atoms in total. The van der Waals surface area contributed by atoms with Crippen molar-refractivity contribution in [3.63, 3.8) is 0 Å². The standard InChI is InChI=1S/C25H26FN3O.C4H4O4/c1-27-23-10-9-19(26)17-22(23)21(25(27)30)11-12-28-13-15-29(16-14-28)24-8-4-6-18-5-2-3-7-20(18)24;5-3(6)1-2-4(7)8/h2-10,17,21H,11-16H2,1H3;1-2H,(H,5,6)(H,7,8). The van der Waals surface area contributed by atoms with Gasteiger partial charge in [0.25, 0.3) is 0 Å². The summed E-state index contributed by atoms with van der Waals surface area (Å²) in [6.45, 7) is 4.73. The minimum Gasteiger partial charge on any atom is -0.478 e. The van der Waals surface area contributed by atoms with Crippen LogP contribution in [0.3, 0.4) is 0 Å². The van der Waals surface area contributed by atoms with Crippen LogP contribution in [0.2, 0.25) is 0 Å². The summed E-state index contributed by atoms with van der Waals surface area (Å²) in [7, 11) is 1.78. The number of carboxylic acid groups (broad SMARTS) is 2. The van der Waals surface area contributed by atoms with Gasteiger partial charge in [-0.2, -0.15) is 0 Å². The van der Waals surface area contributed by atoms with Gasteiger partial charge >= 0.3 is 11.9 Å². The van der Waals surface area contributed by atoms with Crippen LogP contribution < -0.4 is 9.80 Å². The van der Waals surface area contributed by atoms with Crippen molar-refractivity contribution < 1.29 is 29.0 Å². The fourth-order valence-corrected chi connectivity index (χ4v) is 5.03. The third kappa shape index (κ3) is 6.18. The van der Waals surface area contributed by atoms with E-state index in [9.17, 15) is 18.8 Å². The molecule has 0 spiro atoms. The maximum Gasteiger partial charge on any atom is 0.328 e. The lowest BCUT2D eigenvalue weighted by Crippen LogP contribution is -2.47. The summed E-state index contributed by atoms with van der Waals surface area (Å²) in [6, 6.07) is 19.7. The molecule has 2 N–H and O–H groups in total. The third-order valence-corrected chi connectivity index (χ3v) is 6.94. The van der Waals surface area contributed by atoms with Gasteiger partial charge in [0.1, 0.15) is 5.82 Å². The van der Waals surface area contributed by atoms with E-state index in [-0.39, 0.29) is 17.6 Å². The molecule has 3 aromatic carbocycles. The summed E-state index contributed by atoms with van der Waals surface area (Å²) in [5, 5.41) is 18.2. The molecular weight excluding hydrogens is 489 g/mol. The highest BCUT2D eigenvalue weighted by atomic mass is 19.1. The molecule has 1 fully saturated rings. The number of anilines is 2. The predicted molar refractivity (Wildman–Crippen MR) is 144 cm³/mol. The second kappa shape index (κ2) is 11.9. The number of carbonyl (C=O) groups excluding carboxylic acids is 1. The highest BCUT2D eigenvalue weighted by Crippen LogP contribution is 2.38. The monoisotopic (exact) mass is 519 g/mol. The number of fused-ring (bicyclic) bond motifs is 2. The van der Waals surface area contributed by atoms with Gasteiger partial charge < -0.3 is 20.0 Å². The maximum absolute atomic E-state index is 13.8. The second-order valence-electron chi connectivity index (χ2n) is 9.28. The van der Waals surface area contributed by atoms with Crippen molar-refractivity contribution >= 4 is 40.0 Å². The van der Waals surface area contributed by atoms with Gasteiger partial charge in [0.15, 0.2) is 0 Å². The Balaban J connectivity index is 0.000000368. The molecule has 0 radical (unpaired) electrons. The number of nitrogens with zero attached hydrogens (tertiary/aromatic N) is 3. The van der Waals surface area contributed by atoms with Gasteiger partial charge in [0.05, 0.1) is 5.92 Å². The van der Waals surface area contributed by atoms with E-state index in [4.69, 9.17) is 10.2 Å². The van der Waals surface area contributed by atoms with Gasteiger partial charge in [-0.05, 0) is 48.2 Å². The van der Waals surface area contributed by atoms with E-state index < -0.39 is 11.9 Å². The van der Waals surface area contributed by atoms with Crippen molar-refractivity contribution in [1.29, 1.82) is 0 Å². The largest absolute Gasteiger partial charge is 0.478 e. The van der Waals surface area contributed by atoms with E-state index in [2.05, 4.69) is 52.3 Å². The molecule has 198 valence electrons. The number of piperazine rings is 1. The summed E-state index contributed by atoms with van der Waals surface area (Å²) in [5.74, 6) is -2.95. The summed E-state index contributed by atoms with van der Waals surface area (Å²) >= 11 is 0. The Labute approximate surface area is 220 Å². The Morgan fingerprint density at radius 3 is 2.26 bits per heavy atom. The zero-order valence-corrected chi connectivity index (χ0v) is 21.1. The summed E-state index contributed by atoms with van der Waals surface area (Å²) < 4.78 is 13.8. The highest BCUT2D eigenvalue weighted by Gasteiger charge is 2.35. The Morgan fingerprint density at radius 2 is 1.58 bits per heavy atom. The molecule has 1 amide bonds. The number of aliphatic carboxylic acids is 2. The van der Waals surface area contributed by atoms with E-state index >= 15 is 0 Å². The second-order valence-corrected chi connectivity index (χ2v) is 9.28. The Kier molecular flexibility index (Phi) is 8.38. The molecule has 1 atom stereocenters. The van der Waals surface area contributed by atoms with E-state index in [0.717, 1.165) is 50.4 Å². The number of carbonyl (C=O) groups is 3. The Bertz CT molecular complexity index is 1350. The van der Waals surface area contributed by atoms with Crippen molar-refractivity contribution in [2.75, 3.05) is 49.6 Å². The zero-order valence-electron chi connectivity index (χ0n) is 21.1. The van der Waals surface area contributed by atoms with Crippen LogP contribution in [0.25, 0.3) is 10.8 Å². The zero-order chi connectivity index (χ0) is 27.2. The number of rotatable bonds is 6. The van der Waals surface area contributed by atoms with Gasteiger partial charge in [-0.15, -0.1) is 0 Å². The maximum atomic E-state index is 13.8. The van der Waals surface area contributed by atoms with Crippen molar-refractivity contribution in [3.05, 3.63) is 84.2 Å². The molecule has 3 aromatic rings. The average Bonchev–Trinajstić information content (AvgIpc) is 3.15. The van der Waals surface area contributed by atoms with Gasteiger partial charge in [-0.25, -0.2) is 14.0 Å².